The standard InChI is InChI=1S/C25H22N8/c1-14(2)29-17-9-16(11-26-12-17)20-10-19-21(13-28-20)32-33-23(19)25-30-22-18(15-5-3-4-6-15)7-8-27-24(22)31-25/h3,5-14,29H,4H2,1-2H3,(H,32,33)(H,27,30,31). The first-order chi connectivity index (χ1) is 16.2. The molecule has 0 spiro atoms. The summed E-state index contributed by atoms with van der Waals surface area (Å²) < 4.78 is 0. The van der Waals surface area contributed by atoms with Gasteiger partial charge in [-0.25, -0.2) is 9.97 Å². The van der Waals surface area contributed by atoms with Crippen molar-refractivity contribution in [3.63, 3.8) is 0 Å². The summed E-state index contributed by atoms with van der Waals surface area (Å²) in [5, 5.41) is 11.9. The van der Waals surface area contributed by atoms with E-state index in [4.69, 9.17) is 4.98 Å². The van der Waals surface area contributed by atoms with Crippen LogP contribution in [0.3, 0.4) is 0 Å². The van der Waals surface area contributed by atoms with Gasteiger partial charge in [0.05, 0.1) is 28.6 Å². The van der Waals surface area contributed by atoms with Crippen LogP contribution in [0.2, 0.25) is 0 Å². The summed E-state index contributed by atoms with van der Waals surface area (Å²) in [4.78, 5) is 21.6. The highest BCUT2D eigenvalue weighted by Crippen LogP contribution is 2.32. The van der Waals surface area contributed by atoms with Crippen LogP contribution < -0.4 is 5.32 Å². The fraction of sp³-hybridized carbons (Fsp3) is 0.160. The number of aromatic amines is 2. The van der Waals surface area contributed by atoms with Gasteiger partial charge in [-0.05, 0) is 44.0 Å². The molecule has 0 unspecified atom stereocenters. The number of hydrogen-bond donors (Lipinski definition) is 3. The molecule has 0 saturated carbocycles. The number of hydrogen-bond acceptors (Lipinski definition) is 6. The Bertz CT molecular complexity index is 1550. The molecule has 0 radical (unpaired) electrons. The molecule has 0 aliphatic heterocycles. The molecule has 0 bridgehead atoms. The number of imidazole rings is 1. The number of allylic oxidation sites excluding steroid dienone is 4. The predicted molar refractivity (Wildman–Crippen MR) is 130 cm³/mol. The first-order valence-electron chi connectivity index (χ1n) is 10.9. The number of nitrogens with one attached hydrogen (secondary N) is 3. The molecule has 0 fully saturated rings. The van der Waals surface area contributed by atoms with Crippen LogP contribution in [-0.4, -0.2) is 41.2 Å². The number of aromatic nitrogens is 7. The molecule has 5 heterocycles. The highest BCUT2D eigenvalue weighted by Gasteiger charge is 2.17. The molecule has 3 N–H and O–H groups in total. The molecule has 0 aromatic carbocycles. The van der Waals surface area contributed by atoms with Gasteiger partial charge < -0.3 is 10.3 Å². The third-order valence-electron chi connectivity index (χ3n) is 5.64. The molecule has 162 valence electrons. The van der Waals surface area contributed by atoms with Crippen LogP contribution in [0.5, 0.6) is 0 Å². The number of H-pyrrole nitrogens is 2. The van der Waals surface area contributed by atoms with Crippen LogP contribution in [0, 0.1) is 0 Å². The Labute approximate surface area is 189 Å². The fourth-order valence-corrected chi connectivity index (χ4v) is 4.17. The zero-order valence-electron chi connectivity index (χ0n) is 18.3. The number of fused-ring (bicyclic) bond motifs is 2. The van der Waals surface area contributed by atoms with E-state index >= 15 is 0 Å². The molecule has 0 atom stereocenters. The van der Waals surface area contributed by atoms with Crippen molar-refractivity contribution in [3.05, 3.63) is 66.8 Å². The Morgan fingerprint density at radius 3 is 2.88 bits per heavy atom. The third-order valence-corrected chi connectivity index (χ3v) is 5.64. The quantitative estimate of drug-likeness (QED) is 0.354. The van der Waals surface area contributed by atoms with Crippen LogP contribution >= 0.6 is 0 Å². The second-order valence-corrected chi connectivity index (χ2v) is 8.39. The smallest absolute Gasteiger partial charge is 0.178 e. The van der Waals surface area contributed by atoms with Gasteiger partial charge >= 0.3 is 0 Å². The first kappa shape index (κ1) is 19.4. The van der Waals surface area contributed by atoms with Crippen LogP contribution in [-0.2, 0) is 0 Å². The lowest BCUT2D eigenvalue weighted by molar-refractivity contribution is 0.898. The molecule has 5 aromatic heterocycles. The third kappa shape index (κ3) is 3.45. The monoisotopic (exact) mass is 434 g/mol. The maximum Gasteiger partial charge on any atom is 0.178 e. The largest absolute Gasteiger partial charge is 0.382 e. The van der Waals surface area contributed by atoms with E-state index in [1.165, 1.54) is 5.57 Å². The van der Waals surface area contributed by atoms with Gasteiger partial charge in [0.15, 0.2) is 11.5 Å². The van der Waals surface area contributed by atoms with Gasteiger partial charge in [0.25, 0.3) is 0 Å². The molecule has 6 rings (SSSR count). The Balaban J connectivity index is 1.45. The summed E-state index contributed by atoms with van der Waals surface area (Å²) in [5.74, 6) is 0.671. The molecular weight excluding hydrogens is 412 g/mol. The SMILES string of the molecule is CC(C)Nc1cncc(-c2cc3c(-c4nc5nccc(C6=CCC=C6)c5[nH]4)n[nH]c3cn2)c1. The van der Waals surface area contributed by atoms with Gasteiger partial charge in [-0.2, -0.15) is 5.10 Å². The molecule has 0 amide bonds. The molecule has 5 aromatic rings. The normalized spacial score (nSPS) is 13.4. The average molecular weight is 435 g/mol. The number of pyridine rings is 3. The number of anilines is 1. The average Bonchev–Trinajstić information content (AvgIpc) is 3.57. The maximum absolute atomic E-state index is 4.74. The van der Waals surface area contributed by atoms with Crippen LogP contribution in [0.1, 0.15) is 25.8 Å². The Hall–Kier alpha value is -4.33. The maximum atomic E-state index is 4.74. The van der Waals surface area contributed by atoms with E-state index < -0.39 is 0 Å². The first-order valence-corrected chi connectivity index (χ1v) is 10.9. The molecule has 8 heteroatoms. The van der Waals surface area contributed by atoms with Crippen molar-refractivity contribution < 1.29 is 0 Å². The summed E-state index contributed by atoms with van der Waals surface area (Å²) in [6, 6.07) is 6.41. The van der Waals surface area contributed by atoms with Gasteiger partial charge in [0, 0.05) is 41.1 Å². The molecule has 1 aliphatic carbocycles. The van der Waals surface area contributed by atoms with E-state index in [0.29, 0.717) is 17.5 Å². The van der Waals surface area contributed by atoms with Crippen molar-refractivity contribution in [2.45, 2.75) is 26.3 Å². The van der Waals surface area contributed by atoms with Crippen molar-refractivity contribution in [1.29, 1.82) is 0 Å². The van der Waals surface area contributed by atoms with Gasteiger partial charge in [-0.3, -0.25) is 15.1 Å². The summed E-state index contributed by atoms with van der Waals surface area (Å²) >= 11 is 0. The fourth-order valence-electron chi connectivity index (χ4n) is 4.17. The van der Waals surface area contributed by atoms with Crippen molar-refractivity contribution in [2.24, 2.45) is 0 Å². The summed E-state index contributed by atoms with van der Waals surface area (Å²) in [6.07, 6.45) is 14.7. The van der Waals surface area contributed by atoms with E-state index in [0.717, 1.165) is 51.0 Å². The summed E-state index contributed by atoms with van der Waals surface area (Å²) in [7, 11) is 0. The van der Waals surface area contributed by atoms with Crippen molar-refractivity contribution in [2.75, 3.05) is 5.32 Å². The van der Waals surface area contributed by atoms with Gasteiger partial charge in [0.2, 0.25) is 0 Å². The van der Waals surface area contributed by atoms with Crippen molar-refractivity contribution >= 4 is 33.3 Å². The van der Waals surface area contributed by atoms with Gasteiger partial charge in [-0.1, -0.05) is 18.2 Å². The minimum atomic E-state index is 0.319. The molecular formula is C25H22N8. The van der Waals surface area contributed by atoms with Gasteiger partial charge in [0.1, 0.15) is 5.69 Å². The second kappa shape index (κ2) is 7.67. The number of nitrogens with zero attached hydrogens (tertiary/aromatic N) is 5. The van der Waals surface area contributed by atoms with Crippen LogP contribution in [0.15, 0.2) is 61.2 Å². The topological polar surface area (TPSA) is 108 Å². The lowest BCUT2D eigenvalue weighted by Gasteiger charge is -2.10. The van der Waals surface area contributed by atoms with Gasteiger partial charge in [-0.15, -0.1) is 0 Å². The van der Waals surface area contributed by atoms with E-state index in [2.05, 4.69) is 73.6 Å². The van der Waals surface area contributed by atoms with Crippen LogP contribution in [0.25, 0.3) is 50.4 Å². The Kier molecular flexibility index (Phi) is 4.50. The Morgan fingerprint density at radius 2 is 2.03 bits per heavy atom. The molecule has 8 nitrogen and oxygen atoms in total. The lowest BCUT2D eigenvalue weighted by Crippen LogP contribution is -2.09. The van der Waals surface area contributed by atoms with E-state index in [9.17, 15) is 0 Å². The second-order valence-electron chi connectivity index (χ2n) is 8.39. The van der Waals surface area contributed by atoms with E-state index in [1.807, 2.05) is 24.5 Å². The van der Waals surface area contributed by atoms with Crippen LogP contribution in [0.4, 0.5) is 5.69 Å². The van der Waals surface area contributed by atoms with E-state index in [-0.39, 0.29) is 0 Å². The van der Waals surface area contributed by atoms with Crippen molar-refractivity contribution in [3.8, 4) is 22.8 Å². The minimum Gasteiger partial charge on any atom is -0.382 e. The zero-order chi connectivity index (χ0) is 22.4. The summed E-state index contributed by atoms with van der Waals surface area (Å²) in [6.45, 7) is 4.20. The lowest BCUT2D eigenvalue weighted by atomic mass is 10.1. The highest BCUT2D eigenvalue weighted by molar-refractivity contribution is 5.96. The molecule has 1 aliphatic rings. The highest BCUT2D eigenvalue weighted by atomic mass is 15.1. The summed E-state index contributed by atoms with van der Waals surface area (Å²) in [5.41, 5.74) is 8.14. The Morgan fingerprint density at radius 1 is 1.09 bits per heavy atom. The number of rotatable bonds is 5. The van der Waals surface area contributed by atoms with Crippen molar-refractivity contribution in [1.82, 2.24) is 35.1 Å². The predicted octanol–water partition coefficient (Wildman–Crippen LogP) is 5.12. The zero-order valence-corrected chi connectivity index (χ0v) is 18.3. The minimum absolute atomic E-state index is 0.319. The molecule has 0 saturated heterocycles. The molecule has 33 heavy (non-hydrogen) atoms. The van der Waals surface area contributed by atoms with E-state index in [1.54, 1.807) is 12.4 Å².